The molecule has 0 aromatic heterocycles. The molecule has 1 aliphatic carbocycles. The van der Waals surface area contributed by atoms with Crippen molar-refractivity contribution in [2.24, 2.45) is 11.7 Å². The van der Waals surface area contributed by atoms with Gasteiger partial charge >= 0.3 is 0 Å². The van der Waals surface area contributed by atoms with E-state index in [1.807, 2.05) is 30.3 Å². The first-order chi connectivity index (χ1) is 12.5. The third-order valence-corrected chi connectivity index (χ3v) is 5.36. The van der Waals surface area contributed by atoms with Gasteiger partial charge in [0.25, 0.3) is 0 Å². The highest BCUT2D eigenvalue weighted by atomic mass is 16.5. The van der Waals surface area contributed by atoms with Crippen molar-refractivity contribution in [1.29, 1.82) is 0 Å². The third kappa shape index (κ3) is 4.57. The monoisotopic (exact) mass is 354 g/mol. The van der Waals surface area contributed by atoms with Crippen LogP contribution in [-0.2, 0) is 12.8 Å². The zero-order valence-electron chi connectivity index (χ0n) is 15.8. The Morgan fingerprint density at radius 1 is 1.15 bits per heavy atom. The maximum absolute atomic E-state index is 10.6. The molecule has 0 saturated carbocycles. The van der Waals surface area contributed by atoms with Gasteiger partial charge in [0.1, 0.15) is 18.5 Å². The zero-order chi connectivity index (χ0) is 18.5. The van der Waals surface area contributed by atoms with Crippen LogP contribution in [0.5, 0.6) is 5.75 Å². The van der Waals surface area contributed by atoms with Crippen LogP contribution in [0.25, 0.3) is 0 Å². The van der Waals surface area contributed by atoms with E-state index < -0.39 is 6.10 Å². The predicted octanol–water partition coefficient (Wildman–Crippen LogP) is 3.01. The Morgan fingerprint density at radius 3 is 2.65 bits per heavy atom. The van der Waals surface area contributed by atoms with Crippen molar-refractivity contribution in [3.63, 3.8) is 0 Å². The fourth-order valence-electron chi connectivity index (χ4n) is 3.72. The van der Waals surface area contributed by atoms with Gasteiger partial charge in [-0.15, -0.1) is 0 Å². The molecule has 3 atom stereocenters. The maximum Gasteiger partial charge on any atom is 0.119 e. The maximum atomic E-state index is 10.6. The van der Waals surface area contributed by atoms with Gasteiger partial charge in [0.05, 0.1) is 0 Å². The summed E-state index contributed by atoms with van der Waals surface area (Å²) >= 11 is 0. The molecule has 0 heterocycles. The Morgan fingerprint density at radius 2 is 1.92 bits per heavy atom. The van der Waals surface area contributed by atoms with Gasteiger partial charge in [-0.1, -0.05) is 24.3 Å². The molecule has 140 valence electrons. The average Bonchev–Trinajstić information content (AvgIpc) is 2.88. The number of nitrogens with two attached hydrogens (primary N) is 1. The molecule has 0 radical (unpaired) electrons. The van der Waals surface area contributed by atoms with Gasteiger partial charge in [0.2, 0.25) is 0 Å². The van der Waals surface area contributed by atoms with Crippen LogP contribution in [0.1, 0.15) is 24.0 Å². The predicted molar refractivity (Wildman–Crippen MR) is 107 cm³/mol. The second kappa shape index (κ2) is 8.56. The molecular formula is C22H30N2O2. The lowest BCUT2D eigenvalue weighted by Gasteiger charge is -2.27. The van der Waals surface area contributed by atoms with Crippen molar-refractivity contribution in [2.75, 3.05) is 25.6 Å². The molecule has 0 spiro atoms. The Hall–Kier alpha value is -2.04. The van der Waals surface area contributed by atoms with E-state index >= 15 is 0 Å². The lowest BCUT2D eigenvalue weighted by atomic mass is 9.87. The van der Waals surface area contributed by atoms with Crippen molar-refractivity contribution < 1.29 is 9.84 Å². The van der Waals surface area contributed by atoms with Crippen LogP contribution in [-0.4, -0.2) is 38.0 Å². The first kappa shape index (κ1) is 18.7. The van der Waals surface area contributed by atoms with Gasteiger partial charge in [-0.2, -0.15) is 0 Å². The number of fused-ring (bicyclic) bond motifs is 1. The molecule has 3 N–H and O–H groups in total. The van der Waals surface area contributed by atoms with Crippen LogP contribution in [0, 0.1) is 5.92 Å². The molecule has 0 amide bonds. The highest BCUT2D eigenvalue weighted by Crippen LogP contribution is 2.29. The number of aliphatic hydroxyl groups is 1. The minimum absolute atomic E-state index is 0.228. The summed E-state index contributed by atoms with van der Waals surface area (Å²) in [6.45, 7) is 0.228. The minimum Gasteiger partial charge on any atom is -0.491 e. The van der Waals surface area contributed by atoms with Crippen LogP contribution in [0.4, 0.5) is 5.69 Å². The smallest absolute Gasteiger partial charge is 0.119 e. The number of hydrogen-bond donors (Lipinski definition) is 2. The zero-order valence-corrected chi connectivity index (χ0v) is 15.8. The van der Waals surface area contributed by atoms with Gasteiger partial charge in [-0.25, -0.2) is 0 Å². The summed E-state index contributed by atoms with van der Waals surface area (Å²) in [5.74, 6) is 1.03. The van der Waals surface area contributed by atoms with Crippen molar-refractivity contribution >= 4 is 5.69 Å². The number of anilines is 1. The number of nitrogens with zero attached hydrogens (tertiary/aromatic N) is 1. The number of para-hydroxylation sites is 1. The minimum atomic E-state index is -0.668. The second-order valence-electron chi connectivity index (χ2n) is 7.47. The first-order valence-electron chi connectivity index (χ1n) is 9.45. The molecule has 0 saturated heterocycles. The number of hydrogen-bond acceptors (Lipinski definition) is 4. The van der Waals surface area contributed by atoms with Gasteiger partial charge in [0, 0.05) is 25.8 Å². The van der Waals surface area contributed by atoms with Gasteiger partial charge < -0.3 is 20.5 Å². The molecule has 2 unspecified atom stereocenters. The summed E-state index contributed by atoms with van der Waals surface area (Å²) in [4.78, 5) is 2.13. The Bertz CT molecular complexity index is 703. The largest absolute Gasteiger partial charge is 0.491 e. The molecule has 4 heteroatoms. The second-order valence-corrected chi connectivity index (χ2v) is 7.47. The van der Waals surface area contributed by atoms with Crippen molar-refractivity contribution in [3.8, 4) is 5.75 Å². The number of rotatable bonds is 6. The van der Waals surface area contributed by atoms with E-state index in [0.717, 1.165) is 31.4 Å². The van der Waals surface area contributed by atoms with Crippen LogP contribution >= 0.6 is 0 Å². The molecule has 3 rings (SSSR count). The summed E-state index contributed by atoms with van der Waals surface area (Å²) in [5, 5.41) is 10.6. The molecular weight excluding hydrogens is 324 g/mol. The van der Waals surface area contributed by atoms with E-state index in [9.17, 15) is 5.11 Å². The summed E-state index contributed by atoms with van der Waals surface area (Å²) in [6.07, 6.45) is 3.48. The topological polar surface area (TPSA) is 58.7 Å². The van der Waals surface area contributed by atoms with Crippen molar-refractivity contribution in [3.05, 3.63) is 59.7 Å². The van der Waals surface area contributed by atoms with E-state index in [1.54, 1.807) is 0 Å². The molecule has 4 nitrogen and oxygen atoms in total. The molecule has 0 aliphatic heterocycles. The Balaban J connectivity index is 1.65. The fourth-order valence-corrected chi connectivity index (χ4v) is 3.72. The summed E-state index contributed by atoms with van der Waals surface area (Å²) in [7, 11) is 4.12. The van der Waals surface area contributed by atoms with Gasteiger partial charge in [-0.05, 0) is 67.0 Å². The molecule has 0 bridgehead atoms. The van der Waals surface area contributed by atoms with E-state index in [4.69, 9.17) is 10.5 Å². The summed E-state index contributed by atoms with van der Waals surface area (Å²) in [6, 6.07) is 16.0. The number of benzene rings is 2. The third-order valence-electron chi connectivity index (χ3n) is 5.36. The van der Waals surface area contributed by atoms with Crippen molar-refractivity contribution in [1.82, 2.24) is 0 Å². The normalized spacial score (nSPS) is 19.2. The molecule has 2 aromatic carbocycles. The van der Waals surface area contributed by atoms with E-state index in [2.05, 4.69) is 37.2 Å². The van der Waals surface area contributed by atoms with Gasteiger partial charge in [0.15, 0.2) is 0 Å². The molecule has 1 aliphatic rings. The Kier molecular flexibility index (Phi) is 6.17. The molecule has 2 aromatic rings. The number of aryl methyl sites for hydroxylation is 1. The lowest BCUT2D eigenvalue weighted by molar-refractivity contribution is 0.0645. The Labute approximate surface area is 156 Å². The van der Waals surface area contributed by atoms with Gasteiger partial charge in [-0.3, -0.25) is 0 Å². The number of aliphatic hydroxyl groups excluding tert-OH is 1. The number of ether oxygens (including phenoxy) is 1. The van der Waals surface area contributed by atoms with Crippen LogP contribution in [0.3, 0.4) is 0 Å². The van der Waals surface area contributed by atoms with E-state index in [1.165, 1.54) is 16.8 Å². The highest BCUT2D eigenvalue weighted by molar-refractivity contribution is 5.50. The first-order valence-corrected chi connectivity index (χ1v) is 9.45. The molecule has 26 heavy (non-hydrogen) atoms. The quantitative estimate of drug-likeness (QED) is 0.783. The van der Waals surface area contributed by atoms with Crippen molar-refractivity contribution in [2.45, 2.75) is 37.8 Å². The summed E-state index contributed by atoms with van der Waals surface area (Å²) < 4.78 is 5.69. The van der Waals surface area contributed by atoms with Crippen LogP contribution < -0.4 is 15.4 Å². The SMILES string of the molecule is CN(C)c1ccc2c(c1)CC(C(N)[C@H](O)COc1ccccc1)CCC2. The average molecular weight is 354 g/mol. The molecule has 0 fully saturated rings. The van der Waals surface area contributed by atoms with Crippen LogP contribution in [0.15, 0.2) is 48.5 Å². The highest BCUT2D eigenvalue weighted by Gasteiger charge is 2.28. The summed E-state index contributed by atoms with van der Waals surface area (Å²) in [5.41, 5.74) is 10.4. The lowest BCUT2D eigenvalue weighted by Crippen LogP contribution is -2.45. The van der Waals surface area contributed by atoms with E-state index in [-0.39, 0.29) is 18.6 Å². The fraction of sp³-hybridized carbons (Fsp3) is 0.455. The standard InChI is InChI=1S/C22H30N2O2/c1-24(2)19-12-11-16-7-6-8-17(13-18(16)14-19)22(23)21(25)15-26-20-9-4-3-5-10-20/h3-5,9-12,14,17,21-22,25H,6-8,13,15,23H2,1-2H3/t17?,21-,22?/m1/s1. The van der Waals surface area contributed by atoms with E-state index in [0.29, 0.717) is 0 Å². The van der Waals surface area contributed by atoms with Crippen LogP contribution in [0.2, 0.25) is 0 Å².